The van der Waals surface area contributed by atoms with Crippen LogP contribution in [0.3, 0.4) is 0 Å². The van der Waals surface area contributed by atoms with Gasteiger partial charge in [0.2, 0.25) is 5.88 Å². The van der Waals surface area contributed by atoms with E-state index in [-0.39, 0.29) is 0 Å². The van der Waals surface area contributed by atoms with E-state index in [0.717, 1.165) is 5.56 Å². The highest BCUT2D eigenvalue weighted by atomic mass is 35.5. The maximum absolute atomic E-state index is 9.36. The minimum Gasteiger partial charge on any atom is -0.437 e. The lowest BCUT2D eigenvalue weighted by molar-refractivity contribution is 0.198. The second-order valence-electron chi connectivity index (χ2n) is 3.78. The zero-order chi connectivity index (χ0) is 13.1. The first-order chi connectivity index (χ1) is 8.56. The zero-order valence-corrected chi connectivity index (χ0v) is 11.1. The molecule has 0 bridgehead atoms. The van der Waals surface area contributed by atoms with Crippen LogP contribution in [0.2, 0.25) is 10.0 Å². The number of pyridine rings is 1. The highest BCUT2D eigenvalue weighted by Crippen LogP contribution is 2.30. The highest BCUT2D eigenvalue weighted by Gasteiger charge is 2.06. The third-order valence-electron chi connectivity index (χ3n) is 2.35. The van der Waals surface area contributed by atoms with Gasteiger partial charge < -0.3 is 9.84 Å². The Morgan fingerprint density at radius 3 is 2.56 bits per heavy atom. The molecule has 0 saturated carbocycles. The van der Waals surface area contributed by atoms with Crippen LogP contribution in [0.25, 0.3) is 0 Å². The first-order valence-corrected chi connectivity index (χ1v) is 6.09. The van der Waals surface area contributed by atoms with Crippen LogP contribution in [0.5, 0.6) is 11.6 Å². The Kier molecular flexibility index (Phi) is 4.07. The maximum atomic E-state index is 9.36. The number of aliphatic hydroxyl groups is 1. The molecule has 2 rings (SSSR count). The molecule has 0 aliphatic heterocycles. The van der Waals surface area contributed by atoms with Gasteiger partial charge in [-0.25, -0.2) is 4.98 Å². The van der Waals surface area contributed by atoms with Gasteiger partial charge in [-0.2, -0.15) is 0 Å². The average Bonchev–Trinajstić information content (AvgIpc) is 2.33. The number of ether oxygens (including phenoxy) is 1. The van der Waals surface area contributed by atoms with Gasteiger partial charge in [0, 0.05) is 17.3 Å². The van der Waals surface area contributed by atoms with E-state index in [9.17, 15) is 5.11 Å². The molecule has 0 aliphatic carbocycles. The molecule has 2 aromatic rings. The predicted molar refractivity (Wildman–Crippen MR) is 71.4 cm³/mol. The van der Waals surface area contributed by atoms with Gasteiger partial charge in [0.05, 0.1) is 11.1 Å². The first kappa shape index (κ1) is 13.1. The van der Waals surface area contributed by atoms with E-state index in [1.165, 1.54) is 0 Å². The summed E-state index contributed by atoms with van der Waals surface area (Å²) in [6.45, 7) is 1.67. The number of rotatable bonds is 3. The van der Waals surface area contributed by atoms with E-state index < -0.39 is 6.10 Å². The monoisotopic (exact) mass is 283 g/mol. The molecular weight excluding hydrogens is 273 g/mol. The molecule has 0 unspecified atom stereocenters. The molecule has 1 aromatic carbocycles. The number of aromatic nitrogens is 1. The van der Waals surface area contributed by atoms with Crippen LogP contribution in [0.15, 0.2) is 36.5 Å². The van der Waals surface area contributed by atoms with Crippen molar-refractivity contribution >= 4 is 23.2 Å². The maximum Gasteiger partial charge on any atom is 0.219 e. The number of benzene rings is 1. The Morgan fingerprint density at radius 2 is 2.00 bits per heavy atom. The standard InChI is InChI=1S/C13H11Cl2NO2/c1-8(17)9-2-5-13(16-7-9)18-12-4-3-10(14)6-11(12)15/h2-8,17H,1H3/t8-/m1/s1. The molecule has 0 spiro atoms. The Hall–Kier alpha value is -1.29. The molecule has 1 atom stereocenters. The number of nitrogens with zero attached hydrogens (tertiary/aromatic N) is 1. The summed E-state index contributed by atoms with van der Waals surface area (Å²) in [5, 5.41) is 10.3. The van der Waals surface area contributed by atoms with Crippen molar-refractivity contribution in [1.82, 2.24) is 4.98 Å². The fourth-order valence-electron chi connectivity index (χ4n) is 1.37. The second-order valence-corrected chi connectivity index (χ2v) is 4.63. The van der Waals surface area contributed by atoms with Gasteiger partial charge in [-0.15, -0.1) is 0 Å². The van der Waals surface area contributed by atoms with Crippen LogP contribution in [0.4, 0.5) is 0 Å². The summed E-state index contributed by atoms with van der Waals surface area (Å²) in [5.74, 6) is 0.891. The minimum absolute atomic E-state index is 0.406. The fraction of sp³-hybridized carbons (Fsp3) is 0.154. The van der Waals surface area contributed by atoms with Crippen molar-refractivity contribution in [1.29, 1.82) is 0 Å². The number of hydrogen-bond acceptors (Lipinski definition) is 3. The summed E-state index contributed by atoms with van der Waals surface area (Å²) >= 11 is 11.8. The van der Waals surface area contributed by atoms with Gasteiger partial charge >= 0.3 is 0 Å². The summed E-state index contributed by atoms with van der Waals surface area (Å²) in [6.07, 6.45) is 1.01. The normalized spacial score (nSPS) is 12.2. The van der Waals surface area contributed by atoms with Gasteiger partial charge in [-0.1, -0.05) is 23.2 Å². The lowest BCUT2D eigenvalue weighted by Gasteiger charge is -2.08. The van der Waals surface area contributed by atoms with Crippen LogP contribution in [0, 0.1) is 0 Å². The van der Waals surface area contributed by atoms with Crippen molar-refractivity contribution in [2.75, 3.05) is 0 Å². The molecule has 18 heavy (non-hydrogen) atoms. The van der Waals surface area contributed by atoms with Gasteiger partial charge in [0.1, 0.15) is 5.75 Å². The molecule has 0 aliphatic rings. The van der Waals surface area contributed by atoms with E-state index in [4.69, 9.17) is 27.9 Å². The van der Waals surface area contributed by atoms with Crippen LogP contribution in [-0.2, 0) is 0 Å². The van der Waals surface area contributed by atoms with E-state index in [2.05, 4.69) is 4.98 Å². The molecule has 1 N–H and O–H groups in total. The van der Waals surface area contributed by atoms with Crippen LogP contribution >= 0.6 is 23.2 Å². The second kappa shape index (κ2) is 5.57. The Labute approximate surface area is 115 Å². The molecule has 94 valence electrons. The summed E-state index contributed by atoms with van der Waals surface area (Å²) in [7, 11) is 0. The lowest BCUT2D eigenvalue weighted by Crippen LogP contribution is -1.94. The number of halogens is 2. The van der Waals surface area contributed by atoms with Crippen molar-refractivity contribution in [2.24, 2.45) is 0 Å². The van der Waals surface area contributed by atoms with E-state index in [1.807, 2.05) is 0 Å². The fourth-order valence-corrected chi connectivity index (χ4v) is 1.82. The Balaban J connectivity index is 2.18. The minimum atomic E-state index is -0.550. The number of hydrogen-bond donors (Lipinski definition) is 1. The SMILES string of the molecule is C[C@@H](O)c1ccc(Oc2ccc(Cl)cc2Cl)nc1. The molecule has 0 fully saturated rings. The zero-order valence-electron chi connectivity index (χ0n) is 9.60. The first-order valence-electron chi connectivity index (χ1n) is 5.33. The molecule has 1 aromatic heterocycles. The van der Waals surface area contributed by atoms with Crippen molar-refractivity contribution in [3.05, 3.63) is 52.1 Å². The van der Waals surface area contributed by atoms with Crippen molar-refractivity contribution in [3.63, 3.8) is 0 Å². The molecule has 3 nitrogen and oxygen atoms in total. The summed E-state index contributed by atoms with van der Waals surface area (Å²) in [5.41, 5.74) is 0.726. The van der Waals surface area contributed by atoms with Crippen molar-refractivity contribution in [2.45, 2.75) is 13.0 Å². The molecule has 0 amide bonds. The van der Waals surface area contributed by atoms with Crippen LogP contribution in [-0.4, -0.2) is 10.1 Å². The van der Waals surface area contributed by atoms with Gasteiger partial charge in [0.15, 0.2) is 0 Å². The quantitative estimate of drug-likeness (QED) is 0.916. The van der Waals surface area contributed by atoms with E-state index in [0.29, 0.717) is 21.7 Å². The smallest absolute Gasteiger partial charge is 0.219 e. The van der Waals surface area contributed by atoms with Gasteiger partial charge in [-0.05, 0) is 36.8 Å². The highest BCUT2D eigenvalue weighted by molar-refractivity contribution is 6.35. The molecule has 0 saturated heterocycles. The lowest BCUT2D eigenvalue weighted by atomic mass is 10.2. The van der Waals surface area contributed by atoms with Crippen molar-refractivity contribution < 1.29 is 9.84 Å². The summed E-state index contributed by atoms with van der Waals surface area (Å²) in [6, 6.07) is 8.38. The van der Waals surface area contributed by atoms with Gasteiger partial charge in [0.25, 0.3) is 0 Å². The molecule has 1 heterocycles. The summed E-state index contributed by atoms with van der Waals surface area (Å²) < 4.78 is 5.52. The van der Waals surface area contributed by atoms with E-state index in [1.54, 1.807) is 43.5 Å². The molecule has 5 heteroatoms. The van der Waals surface area contributed by atoms with Crippen molar-refractivity contribution in [3.8, 4) is 11.6 Å². The van der Waals surface area contributed by atoms with Gasteiger partial charge in [-0.3, -0.25) is 0 Å². The summed E-state index contributed by atoms with van der Waals surface area (Å²) in [4.78, 5) is 4.08. The Bertz CT molecular complexity index is 541. The van der Waals surface area contributed by atoms with Crippen LogP contribution in [0.1, 0.15) is 18.6 Å². The molecule has 0 radical (unpaired) electrons. The van der Waals surface area contributed by atoms with Crippen LogP contribution < -0.4 is 4.74 Å². The molecular formula is C13H11Cl2NO2. The third kappa shape index (κ3) is 3.13. The Morgan fingerprint density at radius 1 is 1.22 bits per heavy atom. The predicted octanol–water partition coefficient (Wildman–Crippen LogP) is 4.23. The third-order valence-corrected chi connectivity index (χ3v) is 2.88. The van der Waals surface area contributed by atoms with E-state index >= 15 is 0 Å². The number of aliphatic hydroxyl groups excluding tert-OH is 1. The largest absolute Gasteiger partial charge is 0.437 e. The average molecular weight is 284 g/mol. The topological polar surface area (TPSA) is 42.4 Å².